The number of aliphatic imine (C=N–C) groups is 1. The molecule has 11 heteroatoms. The van der Waals surface area contributed by atoms with Crippen molar-refractivity contribution in [3.8, 4) is 0 Å². The summed E-state index contributed by atoms with van der Waals surface area (Å²) in [7, 11) is 1.73. The average molecular weight is 518 g/mol. The molecule has 0 saturated carbocycles. The number of esters is 1. The van der Waals surface area contributed by atoms with E-state index in [1.54, 1.807) is 44.5 Å². The highest BCUT2D eigenvalue weighted by molar-refractivity contribution is 5.99. The number of nitrogens with two attached hydrogens (primary N) is 1. The molecule has 2 heterocycles. The summed E-state index contributed by atoms with van der Waals surface area (Å²) in [5.74, 6) is -0.740. The molecule has 4 unspecified atom stereocenters. The maximum atomic E-state index is 12.1. The van der Waals surface area contributed by atoms with E-state index in [9.17, 15) is 19.2 Å². The zero-order valence-corrected chi connectivity index (χ0v) is 21.0. The van der Waals surface area contributed by atoms with Crippen molar-refractivity contribution >= 4 is 29.9 Å². The summed E-state index contributed by atoms with van der Waals surface area (Å²) in [5, 5.41) is 5.85. The molecule has 0 radical (unpaired) electrons. The number of carbonyl (C=O) groups is 4. The lowest BCUT2D eigenvalue weighted by molar-refractivity contribution is -0.146. The molecule has 1 aliphatic heterocycles. The Bertz CT molecular complexity index is 948. The van der Waals surface area contributed by atoms with E-state index in [-0.39, 0.29) is 49.9 Å². The number of amidine groups is 1. The molecule has 204 valence electrons. The van der Waals surface area contributed by atoms with Crippen LogP contribution in [0.5, 0.6) is 0 Å². The smallest absolute Gasteiger partial charge is 0.331 e. The molecular formula is C26H39N5O6. The van der Waals surface area contributed by atoms with Gasteiger partial charge in [0.2, 0.25) is 5.91 Å². The Morgan fingerprint density at radius 1 is 1.30 bits per heavy atom. The number of pyridine rings is 1. The zero-order valence-electron chi connectivity index (χ0n) is 21.0. The minimum absolute atomic E-state index is 0. The van der Waals surface area contributed by atoms with Crippen molar-refractivity contribution in [3.05, 3.63) is 54.4 Å². The number of amides is 2. The molecule has 1 aromatic rings. The van der Waals surface area contributed by atoms with Crippen LogP contribution in [0.15, 0.2) is 53.8 Å². The van der Waals surface area contributed by atoms with Gasteiger partial charge in [-0.1, -0.05) is 20.4 Å². The number of nitrogens with zero attached hydrogens (tertiary/aromatic N) is 2. The first-order valence-corrected chi connectivity index (χ1v) is 11.6. The van der Waals surface area contributed by atoms with Gasteiger partial charge < -0.3 is 25.8 Å². The van der Waals surface area contributed by atoms with Crippen molar-refractivity contribution in [2.45, 2.75) is 65.4 Å². The van der Waals surface area contributed by atoms with Gasteiger partial charge in [-0.3, -0.25) is 19.4 Å². The number of carbonyl (C=O) groups excluding carboxylic acids is 4. The fourth-order valence-corrected chi connectivity index (χ4v) is 3.34. The van der Waals surface area contributed by atoms with Gasteiger partial charge in [-0.05, 0) is 51.6 Å². The summed E-state index contributed by atoms with van der Waals surface area (Å²) in [4.78, 5) is 52.4. The van der Waals surface area contributed by atoms with Crippen LogP contribution in [-0.4, -0.2) is 72.8 Å². The van der Waals surface area contributed by atoms with Crippen molar-refractivity contribution in [2.24, 2.45) is 10.7 Å². The van der Waals surface area contributed by atoms with Crippen LogP contribution >= 0.6 is 0 Å². The predicted molar refractivity (Wildman–Crippen MR) is 142 cm³/mol. The van der Waals surface area contributed by atoms with Gasteiger partial charge in [-0.2, -0.15) is 4.99 Å². The summed E-state index contributed by atoms with van der Waals surface area (Å²) in [6.45, 7) is 5.79. The standard InChI is InChI=1S/C17H21N3O5.C8H14N2O.CH4/c1-11-16(25-14(22)6-4-8-21)15(18-2)13(24-11)10-20-17(23)12-5-3-7-19-9-12;1-3-5-7(9)10-8(11)6-4-2;/h3-9,11,13,15-16,18H,10H2,1-2H3,(H,20,23);3,5H,4,6H2,1-2H3,(H2,9,10,11);1H4/b6-4-;5-3-;. The first-order chi connectivity index (χ1) is 17.3. The Morgan fingerprint density at radius 2 is 2.03 bits per heavy atom. The van der Waals surface area contributed by atoms with Gasteiger partial charge in [0, 0.05) is 31.4 Å². The fourth-order valence-electron chi connectivity index (χ4n) is 3.34. The average Bonchev–Trinajstić information content (AvgIpc) is 3.16. The Morgan fingerprint density at radius 3 is 2.59 bits per heavy atom. The van der Waals surface area contributed by atoms with E-state index in [1.165, 1.54) is 6.20 Å². The normalized spacial score (nSPS) is 21.0. The zero-order chi connectivity index (χ0) is 26.9. The number of allylic oxidation sites excluding steroid dienone is 2. The second kappa shape index (κ2) is 18.6. The highest BCUT2D eigenvalue weighted by atomic mass is 16.6. The molecular weight excluding hydrogens is 478 g/mol. The summed E-state index contributed by atoms with van der Waals surface area (Å²) in [6, 6.07) is 3.06. The quantitative estimate of drug-likeness (QED) is 0.138. The number of aldehydes is 1. The van der Waals surface area contributed by atoms with Crippen LogP contribution in [0.2, 0.25) is 0 Å². The van der Waals surface area contributed by atoms with Crippen molar-refractivity contribution in [1.29, 1.82) is 0 Å². The van der Waals surface area contributed by atoms with E-state index in [4.69, 9.17) is 15.2 Å². The second-order valence-corrected chi connectivity index (χ2v) is 7.72. The molecule has 0 spiro atoms. The van der Waals surface area contributed by atoms with E-state index in [1.807, 2.05) is 13.8 Å². The third-order valence-electron chi connectivity index (χ3n) is 4.95. The molecule has 4 N–H and O–H groups in total. The first-order valence-electron chi connectivity index (χ1n) is 11.6. The van der Waals surface area contributed by atoms with Crippen LogP contribution < -0.4 is 16.4 Å². The van der Waals surface area contributed by atoms with Crippen molar-refractivity contribution in [3.63, 3.8) is 0 Å². The van der Waals surface area contributed by atoms with E-state index < -0.39 is 12.1 Å². The Labute approximate surface area is 218 Å². The molecule has 2 rings (SSSR count). The van der Waals surface area contributed by atoms with Gasteiger partial charge in [0.05, 0.1) is 23.8 Å². The summed E-state index contributed by atoms with van der Waals surface area (Å²) >= 11 is 0. The summed E-state index contributed by atoms with van der Waals surface area (Å²) < 4.78 is 11.2. The number of ether oxygens (including phenoxy) is 2. The van der Waals surface area contributed by atoms with Crippen molar-refractivity contribution in [1.82, 2.24) is 15.6 Å². The lowest BCUT2D eigenvalue weighted by atomic mass is 10.1. The molecule has 11 nitrogen and oxygen atoms in total. The molecule has 1 saturated heterocycles. The highest BCUT2D eigenvalue weighted by Gasteiger charge is 2.43. The fraction of sp³-hybridized carbons (Fsp3) is 0.462. The SMILES string of the molecule is C.C/C=C\C(N)=NC(=O)CCC.CNC1C(CNC(=O)c2cccnc2)OC(C)C1OC(=O)/C=C\C=O. The van der Waals surface area contributed by atoms with Crippen LogP contribution in [0, 0.1) is 0 Å². The van der Waals surface area contributed by atoms with Crippen molar-refractivity contribution < 1.29 is 28.7 Å². The van der Waals surface area contributed by atoms with E-state index in [2.05, 4.69) is 20.6 Å². The van der Waals surface area contributed by atoms with Gasteiger partial charge in [0.1, 0.15) is 18.2 Å². The van der Waals surface area contributed by atoms with Gasteiger partial charge in [-0.15, -0.1) is 0 Å². The molecule has 37 heavy (non-hydrogen) atoms. The number of rotatable bonds is 10. The Kier molecular flexibility index (Phi) is 16.7. The second-order valence-electron chi connectivity index (χ2n) is 7.72. The topological polar surface area (TPSA) is 162 Å². The van der Waals surface area contributed by atoms with Crippen LogP contribution in [-0.2, 0) is 23.9 Å². The Hall–Kier alpha value is -3.70. The van der Waals surface area contributed by atoms with E-state index in [0.29, 0.717) is 18.3 Å². The summed E-state index contributed by atoms with van der Waals surface area (Å²) in [6.07, 6.45) is 9.08. The molecule has 0 aromatic carbocycles. The first kappa shape index (κ1) is 33.3. The van der Waals surface area contributed by atoms with Crippen LogP contribution in [0.4, 0.5) is 0 Å². The van der Waals surface area contributed by atoms with Crippen LogP contribution in [0.25, 0.3) is 0 Å². The third-order valence-corrected chi connectivity index (χ3v) is 4.95. The van der Waals surface area contributed by atoms with Gasteiger partial charge in [0.15, 0.2) is 0 Å². The number of likely N-dealkylation sites (N-methyl/N-ethyl adjacent to an activating group) is 1. The molecule has 1 fully saturated rings. The molecule has 1 aromatic heterocycles. The van der Waals surface area contributed by atoms with Crippen molar-refractivity contribution in [2.75, 3.05) is 13.6 Å². The van der Waals surface area contributed by atoms with Gasteiger partial charge in [-0.25, -0.2) is 4.79 Å². The number of aromatic nitrogens is 1. The highest BCUT2D eigenvalue weighted by Crippen LogP contribution is 2.23. The largest absolute Gasteiger partial charge is 0.455 e. The van der Waals surface area contributed by atoms with Crippen LogP contribution in [0.1, 0.15) is 51.4 Å². The maximum Gasteiger partial charge on any atom is 0.331 e. The monoisotopic (exact) mass is 517 g/mol. The molecule has 0 bridgehead atoms. The van der Waals surface area contributed by atoms with Gasteiger partial charge in [0.25, 0.3) is 5.91 Å². The molecule has 4 atom stereocenters. The molecule has 1 aliphatic rings. The number of hydrogen-bond donors (Lipinski definition) is 3. The van der Waals surface area contributed by atoms with E-state index >= 15 is 0 Å². The molecule has 2 amide bonds. The van der Waals surface area contributed by atoms with Gasteiger partial charge >= 0.3 is 5.97 Å². The summed E-state index contributed by atoms with van der Waals surface area (Å²) in [5.41, 5.74) is 5.81. The van der Waals surface area contributed by atoms with Crippen LogP contribution in [0.3, 0.4) is 0 Å². The lowest BCUT2D eigenvalue weighted by Gasteiger charge is -2.22. The number of hydrogen-bond acceptors (Lipinski definition) is 8. The minimum atomic E-state index is -0.618. The predicted octanol–water partition coefficient (Wildman–Crippen LogP) is 1.74. The van der Waals surface area contributed by atoms with E-state index in [0.717, 1.165) is 18.6 Å². The minimum Gasteiger partial charge on any atom is -0.455 e. The number of nitrogens with one attached hydrogen (secondary N) is 2. The third kappa shape index (κ3) is 12.2. The Balaban J connectivity index is 0.000000918. The lowest BCUT2D eigenvalue weighted by Crippen LogP contribution is -2.48. The maximum absolute atomic E-state index is 12.1. The molecule has 0 aliphatic carbocycles.